The lowest BCUT2D eigenvalue weighted by atomic mass is 10.1. The summed E-state index contributed by atoms with van der Waals surface area (Å²) in [6.45, 7) is 1.98. The normalized spacial score (nSPS) is 17.1. The number of methoxy groups -OCH3 is 1. The zero-order valence-electron chi connectivity index (χ0n) is 16.1. The molecule has 0 bridgehead atoms. The molecule has 1 fully saturated rings. The first-order chi connectivity index (χ1) is 13.7. The molecule has 146 valence electrons. The van der Waals surface area contributed by atoms with Gasteiger partial charge in [-0.15, -0.1) is 11.3 Å². The zero-order valence-corrected chi connectivity index (χ0v) is 16.9. The third-order valence-electron chi connectivity index (χ3n) is 5.21. The predicted molar refractivity (Wildman–Crippen MR) is 113 cm³/mol. The van der Waals surface area contributed by atoms with Crippen LogP contribution in [0.15, 0.2) is 48.5 Å². The molecule has 4 rings (SSSR count). The van der Waals surface area contributed by atoms with E-state index in [1.807, 2.05) is 36.4 Å². The van der Waals surface area contributed by atoms with Gasteiger partial charge in [-0.3, -0.25) is 9.69 Å². The number of likely N-dealkylation sites (tertiary alicyclic amines) is 1. The third kappa shape index (κ3) is 4.18. The van der Waals surface area contributed by atoms with Crippen LogP contribution in [0.1, 0.15) is 29.5 Å². The monoisotopic (exact) mass is 395 g/mol. The number of ether oxygens (including phenoxy) is 1. The van der Waals surface area contributed by atoms with Gasteiger partial charge in [0.15, 0.2) is 0 Å². The molecule has 1 unspecified atom stereocenters. The van der Waals surface area contributed by atoms with Gasteiger partial charge in [-0.25, -0.2) is 4.98 Å². The maximum atomic E-state index is 12.5. The molecule has 28 heavy (non-hydrogen) atoms. The van der Waals surface area contributed by atoms with Crippen molar-refractivity contribution in [3.05, 3.63) is 59.1 Å². The Kier molecular flexibility index (Phi) is 5.88. The number of hydrogen-bond donors (Lipinski definition) is 1. The molecule has 0 aliphatic carbocycles. The number of thiazole rings is 1. The lowest BCUT2D eigenvalue weighted by molar-refractivity contribution is -0.122. The van der Waals surface area contributed by atoms with Gasteiger partial charge in [0, 0.05) is 6.54 Å². The number of nitrogens with one attached hydrogen (secondary N) is 1. The molecule has 6 heteroatoms. The number of amides is 1. The van der Waals surface area contributed by atoms with Gasteiger partial charge in [0.1, 0.15) is 10.8 Å². The van der Waals surface area contributed by atoms with Crippen LogP contribution in [-0.4, -0.2) is 42.5 Å². The second kappa shape index (κ2) is 8.71. The highest BCUT2D eigenvalue weighted by atomic mass is 32.1. The van der Waals surface area contributed by atoms with Crippen molar-refractivity contribution in [1.29, 1.82) is 0 Å². The van der Waals surface area contributed by atoms with Crippen molar-refractivity contribution in [3.8, 4) is 5.75 Å². The molecule has 1 saturated heterocycles. The van der Waals surface area contributed by atoms with E-state index in [1.54, 1.807) is 18.4 Å². The average molecular weight is 396 g/mol. The van der Waals surface area contributed by atoms with E-state index in [0.29, 0.717) is 13.1 Å². The first kappa shape index (κ1) is 18.9. The van der Waals surface area contributed by atoms with Crippen molar-refractivity contribution in [2.75, 3.05) is 26.7 Å². The van der Waals surface area contributed by atoms with Crippen LogP contribution in [0.5, 0.6) is 5.75 Å². The van der Waals surface area contributed by atoms with Crippen LogP contribution in [0.3, 0.4) is 0 Å². The van der Waals surface area contributed by atoms with Gasteiger partial charge < -0.3 is 10.1 Å². The van der Waals surface area contributed by atoms with Gasteiger partial charge in [-0.05, 0) is 49.6 Å². The Balaban J connectivity index is 1.33. The second-order valence-corrected chi connectivity index (χ2v) is 8.12. The number of benzene rings is 2. The number of nitrogens with zero attached hydrogens (tertiary/aromatic N) is 2. The summed E-state index contributed by atoms with van der Waals surface area (Å²) in [4.78, 5) is 19.6. The highest BCUT2D eigenvalue weighted by Gasteiger charge is 2.29. The second-order valence-electron chi connectivity index (χ2n) is 7.06. The summed E-state index contributed by atoms with van der Waals surface area (Å²) in [5, 5.41) is 4.18. The van der Waals surface area contributed by atoms with E-state index in [-0.39, 0.29) is 11.9 Å². The van der Waals surface area contributed by atoms with Gasteiger partial charge in [0.25, 0.3) is 0 Å². The van der Waals surface area contributed by atoms with Gasteiger partial charge in [0.05, 0.1) is 29.9 Å². The molecular weight excluding hydrogens is 370 g/mol. The number of carbonyl (C=O) groups is 1. The molecule has 1 aliphatic heterocycles. The van der Waals surface area contributed by atoms with Crippen LogP contribution in [-0.2, 0) is 11.2 Å². The van der Waals surface area contributed by atoms with Gasteiger partial charge in [-0.2, -0.15) is 0 Å². The number of aromatic nitrogens is 1. The molecule has 2 aromatic carbocycles. The number of para-hydroxylation sites is 2. The molecular formula is C22H25N3O2S. The molecule has 1 aliphatic rings. The largest absolute Gasteiger partial charge is 0.496 e. The zero-order chi connectivity index (χ0) is 19.3. The molecule has 0 spiro atoms. The van der Waals surface area contributed by atoms with Crippen LogP contribution in [0.25, 0.3) is 10.2 Å². The average Bonchev–Trinajstić information content (AvgIpc) is 3.34. The summed E-state index contributed by atoms with van der Waals surface area (Å²) in [5.41, 5.74) is 2.16. The minimum Gasteiger partial charge on any atom is -0.496 e. The Hall–Kier alpha value is -2.44. The molecule has 0 saturated carbocycles. The Morgan fingerprint density at radius 1 is 1.25 bits per heavy atom. The summed E-state index contributed by atoms with van der Waals surface area (Å²) >= 11 is 1.75. The van der Waals surface area contributed by atoms with Crippen molar-refractivity contribution >= 4 is 27.5 Å². The van der Waals surface area contributed by atoms with Gasteiger partial charge >= 0.3 is 0 Å². The number of fused-ring (bicyclic) bond motifs is 1. The number of rotatable bonds is 7. The molecule has 0 radical (unpaired) electrons. The fourth-order valence-corrected chi connectivity index (χ4v) is 4.95. The van der Waals surface area contributed by atoms with E-state index in [1.165, 1.54) is 4.70 Å². The van der Waals surface area contributed by atoms with Crippen LogP contribution in [0.4, 0.5) is 0 Å². The van der Waals surface area contributed by atoms with E-state index in [4.69, 9.17) is 9.72 Å². The summed E-state index contributed by atoms with van der Waals surface area (Å²) in [6, 6.07) is 16.4. The first-order valence-corrected chi connectivity index (χ1v) is 10.5. The SMILES string of the molecule is COc1ccccc1CCNC(=O)CN1CCCC1c1nc2ccccc2s1. The topological polar surface area (TPSA) is 54.5 Å². The van der Waals surface area contributed by atoms with Gasteiger partial charge in [-0.1, -0.05) is 30.3 Å². The Labute approximate surface area is 169 Å². The van der Waals surface area contributed by atoms with E-state index < -0.39 is 0 Å². The van der Waals surface area contributed by atoms with E-state index in [9.17, 15) is 4.79 Å². The first-order valence-electron chi connectivity index (χ1n) is 9.72. The summed E-state index contributed by atoms with van der Waals surface area (Å²) in [6.07, 6.45) is 2.93. The van der Waals surface area contributed by atoms with Crippen LogP contribution in [0, 0.1) is 0 Å². The summed E-state index contributed by atoms with van der Waals surface area (Å²) in [7, 11) is 1.67. The van der Waals surface area contributed by atoms with Crippen LogP contribution in [0.2, 0.25) is 0 Å². The minimum atomic E-state index is 0.0721. The van der Waals surface area contributed by atoms with E-state index in [0.717, 1.165) is 47.6 Å². The van der Waals surface area contributed by atoms with Gasteiger partial charge in [0.2, 0.25) is 5.91 Å². The molecule has 2 heterocycles. The third-order valence-corrected chi connectivity index (χ3v) is 6.35. The Bertz CT molecular complexity index is 923. The predicted octanol–water partition coefficient (Wildman–Crippen LogP) is 3.80. The molecule has 1 amide bonds. The van der Waals surface area contributed by atoms with Crippen molar-refractivity contribution < 1.29 is 9.53 Å². The van der Waals surface area contributed by atoms with Crippen molar-refractivity contribution in [3.63, 3.8) is 0 Å². The van der Waals surface area contributed by atoms with Crippen molar-refractivity contribution in [2.24, 2.45) is 0 Å². The fourth-order valence-electron chi connectivity index (χ4n) is 3.81. The standard InChI is InChI=1S/C22H25N3O2S/c1-27-19-10-4-2-7-16(19)12-13-23-21(26)15-25-14-6-9-18(25)22-24-17-8-3-5-11-20(17)28-22/h2-5,7-8,10-11,18H,6,9,12-15H2,1H3,(H,23,26). The minimum absolute atomic E-state index is 0.0721. The molecule has 1 atom stereocenters. The van der Waals surface area contributed by atoms with E-state index >= 15 is 0 Å². The summed E-state index contributed by atoms with van der Waals surface area (Å²) < 4.78 is 6.59. The molecule has 5 nitrogen and oxygen atoms in total. The number of carbonyl (C=O) groups excluding carboxylic acids is 1. The number of hydrogen-bond acceptors (Lipinski definition) is 5. The Morgan fingerprint density at radius 2 is 2.07 bits per heavy atom. The maximum Gasteiger partial charge on any atom is 0.234 e. The van der Waals surface area contributed by atoms with Crippen LogP contribution >= 0.6 is 11.3 Å². The lowest BCUT2D eigenvalue weighted by Gasteiger charge is -2.22. The summed E-state index contributed by atoms with van der Waals surface area (Å²) in [5.74, 6) is 0.940. The van der Waals surface area contributed by atoms with E-state index in [2.05, 4.69) is 22.3 Å². The molecule has 3 aromatic rings. The highest BCUT2D eigenvalue weighted by Crippen LogP contribution is 2.36. The molecule has 1 N–H and O–H groups in total. The smallest absolute Gasteiger partial charge is 0.234 e. The lowest BCUT2D eigenvalue weighted by Crippen LogP contribution is -2.37. The Morgan fingerprint density at radius 3 is 2.93 bits per heavy atom. The highest BCUT2D eigenvalue weighted by molar-refractivity contribution is 7.18. The fraction of sp³-hybridized carbons (Fsp3) is 0.364. The van der Waals surface area contributed by atoms with Crippen LogP contribution < -0.4 is 10.1 Å². The van der Waals surface area contributed by atoms with Crippen molar-refractivity contribution in [2.45, 2.75) is 25.3 Å². The maximum absolute atomic E-state index is 12.5. The quantitative estimate of drug-likeness (QED) is 0.661. The van der Waals surface area contributed by atoms with Crippen molar-refractivity contribution in [1.82, 2.24) is 15.2 Å². The molecule has 1 aromatic heterocycles.